The van der Waals surface area contributed by atoms with E-state index in [1.54, 1.807) is 20.8 Å². The fourth-order valence-electron chi connectivity index (χ4n) is 7.16. The molecule has 1 heterocycles. The smallest absolute Gasteiger partial charge is 0.348 e. The quantitative estimate of drug-likeness (QED) is 0.310. The molecule has 0 spiro atoms. The highest BCUT2D eigenvalue weighted by Gasteiger charge is 2.54. The normalized spacial score (nSPS) is 27.8. The van der Waals surface area contributed by atoms with Gasteiger partial charge in [0.2, 0.25) is 0 Å². The number of ether oxygens (including phenoxy) is 2. The number of thiocarbonyl (C=S) groups is 1. The minimum absolute atomic E-state index is 0.260. The summed E-state index contributed by atoms with van der Waals surface area (Å²) in [6.45, 7) is 8.06. The lowest BCUT2D eigenvalue weighted by Crippen LogP contribution is -2.57. The summed E-state index contributed by atoms with van der Waals surface area (Å²) >= 11 is 6.98. The van der Waals surface area contributed by atoms with Crippen molar-refractivity contribution in [3.8, 4) is 0 Å². The van der Waals surface area contributed by atoms with Gasteiger partial charge < -0.3 is 20.1 Å². The lowest BCUT2D eigenvalue weighted by molar-refractivity contribution is -0.0718. The molecule has 6 nitrogen and oxygen atoms in total. The van der Waals surface area contributed by atoms with Gasteiger partial charge in [0.25, 0.3) is 0 Å². The molecule has 4 aliphatic carbocycles. The number of carbonyl (C=O) groups excluding carboxylic acids is 2. The van der Waals surface area contributed by atoms with Gasteiger partial charge in [0.15, 0.2) is 5.11 Å². The molecular formula is C26H38N2O4S2. The number of esters is 2. The van der Waals surface area contributed by atoms with Crippen molar-refractivity contribution >= 4 is 45.6 Å². The van der Waals surface area contributed by atoms with Crippen LogP contribution in [-0.2, 0) is 9.47 Å². The second-order valence-electron chi connectivity index (χ2n) is 10.4. The molecule has 4 bridgehead atoms. The summed E-state index contributed by atoms with van der Waals surface area (Å²) in [5, 5.41) is 7.97. The van der Waals surface area contributed by atoms with Crippen molar-refractivity contribution in [2.75, 3.05) is 18.5 Å². The number of thiophene rings is 1. The Bertz CT molecular complexity index is 906. The Morgan fingerprint density at radius 3 is 2.12 bits per heavy atom. The maximum atomic E-state index is 12.7. The molecule has 5 rings (SSSR count). The van der Waals surface area contributed by atoms with Gasteiger partial charge in [-0.15, -0.1) is 11.3 Å². The van der Waals surface area contributed by atoms with Crippen LogP contribution >= 0.6 is 23.6 Å². The van der Waals surface area contributed by atoms with Crippen molar-refractivity contribution in [2.24, 2.45) is 23.2 Å². The molecule has 1 unspecified atom stereocenters. The van der Waals surface area contributed by atoms with E-state index in [1.807, 2.05) is 0 Å². The Kier molecular flexibility index (Phi) is 7.87. The Balaban J connectivity index is 1.54. The molecule has 0 aliphatic heterocycles. The molecule has 2 N–H and O–H groups in total. The second kappa shape index (κ2) is 10.5. The predicted octanol–water partition coefficient (Wildman–Crippen LogP) is 6.08. The van der Waals surface area contributed by atoms with E-state index in [1.165, 1.54) is 49.9 Å². The zero-order chi connectivity index (χ0) is 24.5. The standard InChI is InChI=1S/C26H38N2O4S2/c1-5-8-19(26-12-16-9-17(13-26)11-18(10-16)14-26)27-25(33)28-22-20(23(29)31-6-2)15(4)21(34-22)24(30)32-7-3/h16-19H,5-14H2,1-4H3,(H2,27,28,33). The Labute approximate surface area is 212 Å². The second-order valence-corrected chi connectivity index (χ2v) is 11.8. The third-order valence-corrected chi connectivity index (χ3v) is 9.43. The fourth-order valence-corrected chi connectivity index (χ4v) is 8.57. The van der Waals surface area contributed by atoms with Crippen LogP contribution in [0.2, 0.25) is 0 Å². The number of hydrogen-bond donors (Lipinski definition) is 2. The van der Waals surface area contributed by atoms with Crippen LogP contribution in [0.4, 0.5) is 5.00 Å². The van der Waals surface area contributed by atoms with Crippen molar-refractivity contribution in [2.45, 2.75) is 85.1 Å². The minimum atomic E-state index is -0.455. The van der Waals surface area contributed by atoms with Crippen molar-refractivity contribution in [1.82, 2.24) is 5.32 Å². The van der Waals surface area contributed by atoms with Gasteiger partial charge in [-0.2, -0.15) is 0 Å². The summed E-state index contributed by atoms with van der Waals surface area (Å²) in [7, 11) is 0. The molecule has 34 heavy (non-hydrogen) atoms. The van der Waals surface area contributed by atoms with Gasteiger partial charge in [0, 0.05) is 6.04 Å². The highest BCUT2D eigenvalue weighted by Crippen LogP contribution is 2.61. The lowest BCUT2D eigenvalue weighted by atomic mass is 9.47. The highest BCUT2D eigenvalue weighted by atomic mass is 32.1. The molecule has 0 saturated heterocycles. The van der Waals surface area contributed by atoms with Gasteiger partial charge >= 0.3 is 11.9 Å². The van der Waals surface area contributed by atoms with E-state index in [4.69, 9.17) is 21.7 Å². The van der Waals surface area contributed by atoms with Crippen LogP contribution in [0.3, 0.4) is 0 Å². The predicted molar refractivity (Wildman–Crippen MR) is 140 cm³/mol. The third kappa shape index (κ3) is 4.99. The van der Waals surface area contributed by atoms with E-state index in [0.29, 0.717) is 37.6 Å². The molecule has 1 atom stereocenters. The molecule has 188 valence electrons. The Morgan fingerprint density at radius 2 is 1.59 bits per heavy atom. The van der Waals surface area contributed by atoms with E-state index in [-0.39, 0.29) is 13.2 Å². The van der Waals surface area contributed by atoms with Crippen molar-refractivity contribution in [1.29, 1.82) is 0 Å². The van der Waals surface area contributed by atoms with Crippen molar-refractivity contribution in [3.63, 3.8) is 0 Å². The average Bonchev–Trinajstić information content (AvgIpc) is 3.08. The first-order chi connectivity index (χ1) is 16.3. The van der Waals surface area contributed by atoms with Gasteiger partial charge in [0.1, 0.15) is 9.88 Å². The summed E-state index contributed by atoms with van der Waals surface area (Å²) < 4.78 is 10.5. The van der Waals surface area contributed by atoms with Gasteiger partial charge in [-0.1, -0.05) is 13.3 Å². The number of anilines is 1. The first kappa shape index (κ1) is 25.4. The first-order valence-corrected chi connectivity index (χ1v) is 14.1. The van der Waals surface area contributed by atoms with Crippen LogP contribution in [0.25, 0.3) is 0 Å². The van der Waals surface area contributed by atoms with Crippen LogP contribution < -0.4 is 10.6 Å². The molecule has 4 fully saturated rings. The number of hydrogen-bond acceptors (Lipinski definition) is 6. The van der Waals surface area contributed by atoms with Gasteiger partial charge in [-0.25, -0.2) is 9.59 Å². The number of rotatable bonds is 9. The highest BCUT2D eigenvalue weighted by molar-refractivity contribution is 7.80. The molecule has 0 radical (unpaired) electrons. The van der Waals surface area contributed by atoms with Gasteiger partial charge in [0.05, 0.1) is 18.8 Å². The van der Waals surface area contributed by atoms with Crippen LogP contribution in [-0.4, -0.2) is 36.3 Å². The average molecular weight is 507 g/mol. The van der Waals surface area contributed by atoms with E-state index >= 15 is 0 Å². The molecule has 4 aliphatic rings. The van der Waals surface area contributed by atoms with E-state index in [2.05, 4.69) is 17.6 Å². The molecular weight excluding hydrogens is 468 g/mol. The molecule has 1 aromatic heterocycles. The van der Waals surface area contributed by atoms with Gasteiger partial charge in [-0.05, 0) is 107 Å². The molecule has 4 saturated carbocycles. The summed E-state index contributed by atoms with van der Waals surface area (Å²) in [4.78, 5) is 25.6. The maximum Gasteiger partial charge on any atom is 0.348 e. The summed E-state index contributed by atoms with van der Waals surface area (Å²) in [6, 6.07) is 0.322. The summed E-state index contributed by atoms with van der Waals surface area (Å²) in [5.74, 6) is 1.73. The van der Waals surface area contributed by atoms with E-state index in [9.17, 15) is 9.59 Å². The van der Waals surface area contributed by atoms with E-state index < -0.39 is 11.9 Å². The zero-order valence-electron chi connectivity index (χ0n) is 20.8. The van der Waals surface area contributed by atoms with Crippen LogP contribution in [0, 0.1) is 30.1 Å². The molecule has 0 aromatic carbocycles. The van der Waals surface area contributed by atoms with Crippen LogP contribution in [0.5, 0.6) is 0 Å². The largest absolute Gasteiger partial charge is 0.462 e. The molecule has 1 aromatic rings. The zero-order valence-corrected chi connectivity index (χ0v) is 22.5. The lowest BCUT2D eigenvalue weighted by Gasteiger charge is -2.59. The monoisotopic (exact) mass is 506 g/mol. The SMILES string of the molecule is CCCC(NC(=S)Nc1sc(C(=O)OCC)c(C)c1C(=O)OCC)C12CC3CC(CC(C3)C1)C2. The van der Waals surface area contributed by atoms with Crippen molar-refractivity contribution in [3.05, 3.63) is 16.0 Å². The van der Waals surface area contributed by atoms with Crippen molar-refractivity contribution < 1.29 is 19.1 Å². The maximum absolute atomic E-state index is 12.7. The number of nitrogens with one attached hydrogen (secondary N) is 2. The molecule has 8 heteroatoms. The minimum Gasteiger partial charge on any atom is -0.462 e. The third-order valence-electron chi connectivity index (χ3n) is 8.02. The van der Waals surface area contributed by atoms with E-state index in [0.717, 1.165) is 30.6 Å². The van der Waals surface area contributed by atoms with Crippen LogP contribution in [0.15, 0.2) is 0 Å². The summed E-state index contributed by atoms with van der Waals surface area (Å²) in [5.41, 5.74) is 1.25. The Morgan fingerprint density at radius 1 is 1.03 bits per heavy atom. The number of carbonyl (C=O) groups is 2. The topological polar surface area (TPSA) is 76.7 Å². The molecule has 0 amide bonds. The fraction of sp³-hybridized carbons (Fsp3) is 0.731. The van der Waals surface area contributed by atoms with Gasteiger partial charge in [-0.3, -0.25) is 0 Å². The summed E-state index contributed by atoms with van der Waals surface area (Å²) in [6.07, 6.45) is 10.3. The first-order valence-electron chi connectivity index (χ1n) is 12.8. The van der Waals surface area contributed by atoms with Crippen LogP contribution in [0.1, 0.15) is 97.7 Å². The Hall–Kier alpha value is -1.67.